The van der Waals surface area contributed by atoms with Gasteiger partial charge in [-0.25, -0.2) is 13.8 Å². The Morgan fingerprint density at radius 3 is 2.47 bits per heavy atom. The third-order valence-electron chi connectivity index (χ3n) is 3.83. The number of halogens is 2. The third kappa shape index (κ3) is 6.14. The number of phosphoric acid groups is 1. The molecule has 2 aromatic heterocycles. The van der Waals surface area contributed by atoms with E-state index in [-0.39, 0.29) is 98.5 Å². The molecule has 14 heteroatoms. The summed E-state index contributed by atoms with van der Waals surface area (Å²) < 4.78 is 43.2. The van der Waals surface area contributed by atoms with Crippen molar-refractivity contribution in [2.45, 2.75) is 20.1 Å². The molecule has 0 N–H and O–H groups in total. The number of aromatic nitrogens is 2. The molecule has 148 valence electrons. The molecule has 0 spiro atoms. The van der Waals surface area contributed by atoms with Gasteiger partial charge < -0.3 is 23.4 Å². The number of nitrogens with zero attached hydrogens (tertiary/aromatic N) is 2. The molecular weight excluding hydrogens is 463 g/mol. The van der Waals surface area contributed by atoms with Gasteiger partial charge in [-0.15, -0.1) is 11.3 Å². The van der Waals surface area contributed by atoms with Crippen LogP contribution in [0.4, 0.5) is 8.78 Å². The molecule has 30 heavy (non-hydrogen) atoms. The van der Waals surface area contributed by atoms with Crippen LogP contribution in [-0.4, -0.2) is 21.1 Å². The summed E-state index contributed by atoms with van der Waals surface area (Å²) in [7, 11) is -5.34. The molecule has 3 rings (SSSR count). The molecule has 0 radical (unpaired) electrons. The van der Waals surface area contributed by atoms with Crippen LogP contribution >= 0.6 is 19.2 Å². The quantitative estimate of drug-likeness (QED) is 0.194. The van der Waals surface area contributed by atoms with E-state index in [1.54, 1.807) is 6.92 Å². The largest absolute Gasteiger partial charge is 1.00 e. The molecule has 0 saturated carbocycles. The van der Waals surface area contributed by atoms with Crippen molar-refractivity contribution in [3.05, 3.63) is 51.6 Å². The molecule has 0 unspecified atom stereocenters. The van der Waals surface area contributed by atoms with E-state index >= 15 is 0 Å². The number of carbonyl (C=O) groups excluding carboxylic acids is 2. The molecule has 2 heterocycles. The summed E-state index contributed by atoms with van der Waals surface area (Å²) in [6.07, 6.45) is 1.30. The maximum absolute atomic E-state index is 13.7. The van der Waals surface area contributed by atoms with Crippen molar-refractivity contribution in [2.75, 3.05) is 0 Å². The number of ketones is 2. The molecule has 0 atom stereocenters. The number of phosphoric ester groups is 1. The molecule has 0 aliphatic rings. The Kier molecular flexibility index (Phi) is 10.2. The van der Waals surface area contributed by atoms with Crippen LogP contribution in [0.3, 0.4) is 0 Å². The Morgan fingerprint density at radius 1 is 1.23 bits per heavy atom. The summed E-state index contributed by atoms with van der Waals surface area (Å²) in [6, 6.07) is 1.52. The predicted octanol–water partition coefficient (Wildman–Crippen LogP) is -3.99. The molecule has 8 nitrogen and oxygen atoms in total. The second-order valence-corrected chi connectivity index (χ2v) is 7.66. The number of thiazole rings is 1. The fourth-order valence-corrected chi connectivity index (χ4v) is 3.55. The number of benzene rings is 1. The minimum Gasteiger partial charge on any atom is -0.790 e. The monoisotopic (exact) mass is 474 g/mol. The van der Waals surface area contributed by atoms with Crippen molar-refractivity contribution in [1.82, 2.24) is 9.55 Å². The Balaban J connectivity index is 0.00000225. The van der Waals surface area contributed by atoms with Crippen LogP contribution in [0.5, 0.6) is 0 Å². The van der Waals surface area contributed by atoms with Crippen molar-refractivity contribution >= 4 is 41.6 Å². The second kappa shape index (κ2) is 11.0. The van der Waals surface area contributed by atoms with Gasteiger partial charge in [0.2, 0.25) is 5.78 Å². The first kappa shape index (κ1) is 27.7. The SMILES string of the molecule is CCC(=O)c1csc(C(=O)c2cn(COP(=O)([O-])[O-])c3cc(F)c(F)cc23)n1.[Na+].[Na+]. The average molecular weight is 474 g/mol. The first-order valence-corrected chi connectivity index (χ1v) is 10.1. The van der Waals surface area contributed by atoms with E-state index in [4.69, 9.17) is 0 Å². The number of hydrogen-bond acceptors (Lipinski definition) is 8. The van der Waals surface area contributed by atoms with Crippen molar-refractivity contribution in [2.24, 2.45) is 0 Å². The number of rotatable bonds is 7. The Labute approximate surface area is 217 Å². The van der Waals surface area contributed by atoms with Gasteiger partial charge in [-0.2, -0.15) is 0 Å². The smallest absolute Gasteiger partial charge is 0.790 e. The van der Waals surface area contributed by atoms with Gasteiger partial charge >= 0.3 is 59.1 Å². The fourth-order valence-electron chi connectivity index (χ4n) is 2.51. The van der Waals surface area contributed by atoms with Crippen molar-refractivity contribution in [3.63, 3.8) is 0 Å². The van der Waals surface area contributed by atoms with Gasteiger partial charge in [0.15, 0.2) is 22.4 Å². The first-order chi connectivity index (χ1) is 13.1. The molecule has 3 aromatic rings. The first-order valence-electron chi connectivity index (χ1n) is 7.78. The normalized spacial score (nSPS) is 11.1. The standard InChI is InChI=1S/C16H13F2N2O6PS.2Na/c1-2-14(21)12-6-28-16(19-12)15(22)9-5-20(7-26-27(23,24)25)13-4-11(18)10(17)3-8(9)13;;/h3-6H,2,7H2,1H3,(H2,23,24,25);;/q;2*+1/p-2. The van der Waals surface area contributed by atoms with Crippen molar-refractivity contribution < 1.29 is 96.4 Å². The van der Waals surface area contributed by atoms with Crippen molar-refractivity contribution in [1.29, 1.82) is 0 Å². The van der Waals surface area contributed by atoms with E-state index in [2.05, 4.69) is 9.51 Å². The molecular formula is C16H11F2N2Na2O6PS. The van der Waals surface area contributed by atoms with Crippen LogP contribution in [0.2, 0.25) is 0 Å². The fraction of sp³-hybridized carbons (Fsp3) is 0.188. The van der Waals surface area contributed by atoms with Crippen LogP contribution in [0, 0.1) is 11.6 Å². The van der Waals surface area contributed by atoms with Gasteiger partial charge in [0.25, 0.3) is 0 Å². The summed E-state index contributed by atoms with van der Waals surface area (Å²) in [4.78, 5) is 49.9. The molecule has 0 aliphatic heterocycles. The van der Waals surface area contributed by atoms with Crippen LogP contribution in [0.1, 0.15) is 39.2 Å². The summed E-state index contributed by atoms with van der Waals surface area (Å²) in [6.45, 7) is 0.815. The molecule has 0 aliphatic carbocycles. The number of hydrogen-bond donors (Lipinski definition) is 0. The van der Waals surface area contributed by atoms with Crippen LogP contribution < -0.4 is 68.9 Å². The van der Waals surface area contributed by atoms with Crippen LogP contribution in [0.15, 0.2) is 23.7 Å². The Bertz CT molecular complexity index is 1150. The van der Waals surface area contributed by atoms with Gasteiger partial charge in [0.1, 0.15) is 12.4 Å². The van der Waals surface area contributed by atoms with E-state index < -0.39 is 32.0 Å². The molecule has 0 amide bonds. The minimum atomic E-state index is -5.34. The summed E-state index contributed by atoms with van der Waals surface area (Å²) >= 11 is 0.905. The van der Waals surface area contributed by atoms with E-state index in [0.29, 0.717) is 0 Å². The third-order valence-corrected chi connectivity index (χ3v) is 5.10. The van der Waals surface area contributed by atoms with Gasteiger partial charge in [0.05, 0.1) is 18.9 Å². The zero-order valence-corrected chi connectivity index (χ0v) is 21.9. The van der Waals surface area contributed by atoms with E-state index in [0.717, 1.165) is 34.2 Å². The topological polar surface area (TPSA) is 124 Å². The zero-order chi connectivity index (χ0) is 20.6. The average Bonchev–Trinajstić information content (AvgIpc) is 3.24. The number of fused-ring (bicyclic) bond motifs is 1. The predicted molar refractivity (Wildman–Crippen MR) is 90.7 cm³/mol. The summed E-state index contributed by atoms with van der Waals surface area (Å²) in [5.41, 5.74) is -0.0649. The van der Waals surface area contributed by atoms with Gasteiger partial charge in [0, 0.05) is 29.5 Å². The van der Waals surface area contributed by atoms with Gasteiger partial charge in [-0.3, -0.25) is 9.59 Å². The number of Topliss-reactive ketones (excluding diaryl/α,β-unsaturated/α-hetero) is 1. The summed E-state index contributed by atoms with van der Waals surface area (Å²) in [5, 5.41) is 1.32. The molecule has 0 bridgehead atoms. The maximum Gasteiger partial charge on any atom is 1.00 e. The van der Waals surface area contributed by atoms with E-state index in [1.807, 2.05) is 0 Å². The van der Waals surface area contributed by atoms with Gasteiger partial charge in [-0.05, 0) is 6.07 Å². The second-order valence-electron chi connectivity index (χ2n) is 5.65. The molecule has 0 saturated heterocycles. The number of carbonyl (C=O) groups is 2. The maximum atomic E-state index is 13.7. The van der Waals surface area contributed by atoms with Crippen molar-refractivity contribution in [3.8, 4) is 0 Å². The van der Waals surface area contributed by atoms with Crippen LogP contribution in [-0.2, 0) is 15.8 Å². The van der Waals surface area contributed by atoms with Gasteiger partial charge in [-0.1, -0.05) is 6.92 Å². The van der Waals surface area contributed by atoms with E-state index in [1.165, 1.54) is 5.38 Å². The minimum absolute atomic E-state index is 0. The Morgan fingerprint density at radius 2 is 1.87 bits per heavy atom. The van der Waals surface area contributed by atoms with E-state index in [9.17, 15) is 32.7 Å². The molecule has 0 fully saturated rings. The summed E-state index contributed by atoms with van der Waals surface area (Å²) in [5.74, 6) is -3.40. The van der Waals surface area contributed by atoms with Crippen LogP contribution in [0.25, 0.3) is 10.9 Å². The molecule has 1 aromatic carbocycles. The zero-order valence-electron chi connectivity index (χ0n) is 16.2. The Hall–Kier alpha value is -0.300.